The average molecular weight is 246 g/mol. The van der Waals surface area contributed by atoms with Gasteiger partial charge in [0.05, 0.1) is 0 Å². The molecule has 0 spiro atoms. The van der Waals surface area contributed by atoms with Crippen LogP contribution >= 0.6 is 0 Å². The molecule has 6 nitrogen and oxygen atoms in total. The van der Waals surface area contributed by atoms with Gasteiger partial charge in [0.2, 0.25) is 5.91 Å². The maximum atomic E-state index is 11.4. The Labute approximate surface area is 102 Å². The van der Waals surface area contributed by atoms with Gasteiger partial charge in [-0.3, -0.25) is 4.79 Å². The number of methoxy groups -OCH3 is 1. The van der Waals surface area contributed by atoms with Gasteiger partial charge in [0, 0.05) is 20.1 Å². The fourth-order valence-corrected chi connectivity index (χ4v) is 1.38. The number of amides is 1. The number of carbonyl (C=O) groups is 2. The van der Waals surface area contributed by atoms with Gasteiger partial charge >= 0.3 is 5.97 Å². The summed E-state index contributed by atoms with van der Waals surface area (Å²) in [5.41, 5.74) is 0. The third-order valence-electron chi connectivity index (χ3n) is 2.31. The molecule has 0 aromatic carbocycles. The van der Waals surface area contributed by atoms with Crippen molar-refractivity contribution in [3.63, 3.8) is 0 Å². The number of carboxylic acids is 1. The number of nitrogens with one attached hydrogen (secondary N) is 2. The van der Waals surface area contributed by atoms with E-state index in [0.717, 1.165) is 6.54 Å². The molecular weight excluding hydrogens is 224 g/mol. The molecule has 0 aromatic heterocycles. The van der Waals surface area contributed by atoms with E-state index in [0.29, 0.717) is 32.3 Å². The van der Waals surface area contributed by atoms with Crippen LogP contribution in [0.5, 0.6) is 0 Å². The molecule has 0 saturated heterocycles. The molecule has 0 aliphatic carbocycles. The maximum Gasteiger partial charge on any atom is 0.326 e. The number of hydrogen-bond acceptors (Lipinski definition) is 4. The summed E-state index contributed by atoms with van der Waals surface area (Å²) in [7, 11) is 3.37. The smallest absolute Gasteiger partial charge is 0.326 e. The van der Waals surface area contributed by atoms with Crippen LogP contribution in [0.4, 0.5) is 0 Å². The number of carbonyl (C=O) groups excluding carboxylic acids is 1. The van der Waals surface area contributed by atoms with E-state index in [1.54, 1.807) is 7.11 Å². The fourth-order valence-electron chi connectivity index (χ4n) is 1.38. The van der Waals surface area contributed by atoms with Gasteiger partial charge in [-0.2, -0.15) is 0 Å². The highest BCUT2D eigenvalue weighted by atomic mass is 16.5. The van der Waals surface area contributed by atoms with Crippen LogP contribution in [-0.2, 0) is 14.3 Å². The first-order valence-corrected chi connectivity index (χ1v) is 5.77. The van der Waals surface area contributed by atoms with Crippen molar-refractivity contribution in [2.75, 3.05) is 27.3 Å². The van der Waals surface area contributed by atoms with E-state index in [2.05, 4.69) is 10.6 Å². The van der Waals surface area contributed by atoms with Gasteiger partial charge < -0.3 is 20.5 Å². The monoisotopic (exact) mass is 246 g/mol. The van der Waals surface area contributed by atoms with Crippen LogP contribution in [-0.4, -0.2) is 50.3 Å². The molecule has 0 saturated carbocycles. The van der Waals surface area contributed by atoms with Gasteiger partial charge in [0.15, 0.2) is 0 Å². The standard InChI is InChI=1S/C11H22N2O4/c1-12-7-3-6-10(14)13-9(11(15)16)5-4-8-17-2/h9,12H,3-8H2,1-2H3,(H,13,14)(H,15,16). The first kappa shape index (κ1) is 15.9. The van der Waals surface area contributed by atoms with Crippen LogP contribution in [0.25, 0.3) is 0 Å². The minimum atomic E-state index is -0.997. The Hall–Kier alpha value is -1.14. The number of aliphatic carboxylic acids is 1. The van der Waals surface area contributed by atoms with Crippen LogP contribution in [0.3, 0.4) is 0 Å². The SMILES string of the molecule is CNCCCC(=O)NC(CCCOC)C(=O)O. The molecule has 0 aliphatic heterocycles. The quantitative estimate of drug-likeness (QED) is 0.472. The second-order valence-electron chi connectivity index (χ2n) is 3.80. The number of ether oxygens (including phenoxy) is 1. The first-order valence-electron chi connectivity index (χ1n) is 5.77. The molecule has 1 amide bonds. The molecule has 1 unspecified atom stereocenters. The Morgan fingerprint density at radius 2 is 2.06 bits per heavy atom. The normalized spacial score (nSPS) is 12.1. The van der Waals surface area contributed by atoms with Crippen molar-refractivity contribution in [2.24, 2.45) is 0 Å². The molecule has 17 heavy (non-hydrogen) atoms. The summed E-state index contributed by atoms with van der Waals surface area (Å²) in [4.78, 5) is 22.3. The van der Waals surface area contributed by atoms with Crippen LogP contribution in [0.1, 0.15) is 25.7 Å². The Balaban J connectivity index is 3.89. The number of carboxylic acid groups (broad SMARTS) is 1. The molecule has 1 atom stereocenters. The zero-order valence-electron chi connectivity index (χ0n) is 10.5. The summed E-state index contributed by atoms with van der Waals surface area (Å²) >= 11 is 0. The van der Waals surface area contributed by atoms with Crippen molar-refractivity contribution in [1.29, 1.82) is 0 Å². The molecule has 0 aliphatic rings. The van der Waals surface area contributed by atoms with Crippen LogP contribution in [0.15, 0.2) is 0 Å². The summed E-state index contributed by atoms with van der Waals surface area (Å²) < 4.78 is 4.84. The summed E-state index contributed by atoms with van der Waals surface area (Å²) in [6, 6.07) is -0.813. The van der Waals surface area contributed by atoms with E-state index in [-0.39, 0.29) is 5.91 Å². The van der Waals surface area contributed by atoms with E-state index in [1.165, 1.54) is 0 Å². The Morgan fingerprint density at radius 3 is 2.59 bits per heavy atom. The molecule has 0 heterocycles. The van der Waals surface area contributed by atoms with Gasteiger partial charge in [-0.15, -0.1) is 0 Å². The predicted molar refractivity (Wildman–Crippen MR) is 63.8 cm³/mol. The molecule has 0 rings (SSSR count). The summed E-state index contributed by atoms with van der Waals surface area (Å²) in [6.45, 7) is 1.24. The molecule has 100 valence electrons. The lowest BCUT2D eigenvalue weighted by atomic mass is 10.1. The molecule has 0 radical (unpaired) electrons. The minimum Gasteiger partial charge on any atom is -0.480 e. The average Bonchev–Trinajstić information content (AvgIpc) is 2.28. The topological polar surface area (TPSA) is 87.7 Å². The van der Waals surface area contributed by atoms with Gasteiger partial charge in [0.25, 0.3) is 0 Å². The predicted octanol–water partition coefficient (Wildman–Crippen LogP) is -0.0180. The second-order valence-corrected chi connectivity index (χ2v) is 3.80. The van der Waals surface area contributed by atoms with Crippen molar-refractivity contribution < 1.29 is 19.4 Å². The Morgan fingerprint density at radius 1 is 1.35 bits per heavy atom. The highest BCUT2D eigenvalue weighted by Gasteiger charge is 2.18. The molecule has 0 aromatic rings. The van der Waals surface area contributed by atoms with Gasteiger partial charge in [-0.25, -0.2) is 4.79 Å². The lowest BCUT2D eigenvalue weighted by molar-refractivity contribution is -0.142. The molecule has 3 N–H and O–H groups in total. The zero-order valence-corrected chi connectivity index (χ0v) is 10.5. The Kier molecular flexibility index (Phi) is 9.37. The summed E-state index contributed by atoms with van der Waals surface area (Å²) in [5, 5.41) is 14.4. The zero-order chi connectivity index (χ0) is 13.1. The summed E-state index contributed by atoms with van der Waals surface area (Å²) in [6.07, 6.45) is 2.05. The Bertz CT molecular complexity index is 234. The van der Waals surface area contributed by atoms with Gasteiger partial charge in [0.1, 0.15) is 6.04 Å². The third kappa shape index (κ3) is 8.65. The second kappa shape index (κ2) is 10.0. The van der Waals surface area contributed by atoms with Crippen LogP contribution < -0.4 is 10.6 Å². The highest BCUT2D eigenvalue weighted by molar-refractivity contribution is 5.83. The number of hydrogen-bond donors (Lipinski definition) is 3. The maximum absolute atomic E-state index is 11.4. The van der Waals surface area contributed by atoms with E-state index in [4.69, 9.17) is 9.84 Å². The molecule has 0 bridgehead atoms. The van der Waals surface area contributed by atoms with Crippen molar-refractivity contribution in [3.8, 4) is 0 Å². The van der Waals surface area contributed by atoms with E-state index in [1.807, 2.05) is 7.05 Å². The van der Waals surface area contributed by atoms with Gasteiger partial charge in [-0.1, -0.05) is 0 Å². The van der Waals surface area contributed by atoms with E-state index in [9.17, 15) is 9.59 Å². The molecule has 6 heteroatoms. The molecule has 0 fully saturated rings. The van der Waals surface area contributed by atoms with Gasteiger partial charge in [-0.05, 0) is 32.9 Å². The fraction of sp³-hybridized carbons (Fsp3) is 0.818. The van der Waals surface area contributed by atoms with E-state index < -0.39 is 12.0 Å². The molecular formula is C11H22N2O4. The van der Waals surface area contributed by atoms with Crippen molar-refractivity contribution in [2.45, 2.75) is 31.7 Å². The summed E-state index contributed by atoms with van der Waals surface area (Å²) in [5.74, 6) is -1.21. The van der Waals surface area contributed by atoms with Crippen molar-refractivity contribution in [1.82, 2.24) is 10.6 Å². The van der Waals surface area contributed by atoms with Crippen LogP contribution in [0, 0.1) is 0 Å². The lowest BCUT2D eigenvalue weighted by Crippen LogP contribution is -2.41. The van der Waals surface area contributed by atoms with E-state index >= 15 is 0 Å². The largest absolute Gasteiger partial charge is 0.480 e. The van der Waals surface area contributed by atoms with Crippen LogP contribution in [0.2, 0.25) is 0 Å². The third-order valence-corrected chi connectivity index (χ3v) is 2.31. The minimum absolute atomic E-state index is 0.218. The van der Waals surface area contributed by atoms with Crippen molar-refractivity contribution in [3.05, 3.63) is 0 Å². The highest BCUT2D eigenvalue weighted by Crippen LogP contribution is 1.99. The lowest BCUT2D eigenvalue weighted by Gasteiger charge is -2.14. The number of rotatable bonds is 10. The van der Waals surface area contributed by atoms with Crippen molar-refractivity contribution >= 4 is 11.9 Å². The first-order chi connectivity index (χ1) is 8.11.